The summed E-state index contributed by atoms with van der Waals surface area (Å²) in [4.78, 5) is 0. The molecule has 0 aliphatic carbocycles. The van der Waals surface area contributed by atoms with E-state index in [1.807, 2.05) is 77.5 Å². The monoisotopic (exact) mass is 530 g/mol. The van der Waals surface area contributed by atoms with Gasteiger partial charge in [0.15, 0.2) is 0 Å². The third kappa shape index (κ3) is 4.42. The minimum atomic E-state index is 0.603. The molecule has 1 aromatic heterocycles. The highest BCUT2D eigenvalue weighted by Crippen LogP contribution is 2.37. The minimum Gasteiger partial charge on any atom is -0.497 e. The summed E-state index contributed by atoms with van der Waals surface area (Å²) in [6.07, 6.45) is 0. The van der Waals surface area contributed by atoms with Crippen LogP contribution in [-0.2, 0) is 6.54 Å². The molecule has 0 saturated carbocycles. The van der Waals surface area contributed by atoms with E-state index >= 15 is 0 Å². The lowest BCUT2D eigenvalue weighted by Gasteiger charge is -2.09. The zero-order valence-corrected chi connectivity index (χ0v) is 19.5. The Morgan fingerprint density at radius 2 is 1.38 bits per heavy atom. The molecular weight excluding hydrogens is 516 g/mol. The van der Waals surface area contributed by atoms with Crippen LogP contribution in [0.25, 0.3) is 22.5 Å². The van der Waals surface area contributed by atoms with Crippen LogP contribution in [0.15, 0.2) is 81.7 Å². The van der Waals surface area contributed by atoms with Gasteiger partial charge in [-0.2, -0.15) is 5.10 Å². The molecule has 0 aliphatic heterocycles. The topological polar surface area (TPSA) is 27.1 Å². The number of rotatable bonds is 5. The predicted octanol–water partition coefficient (Wildman–Crippen LogP) is 7.45. The first-order chi connectivity index (χ1) is 14.0. The van der Waals surface area contributed by atoms with Gasteiger partial charge in [-0.1, -0.05) is 79.9 Å². The summed E-state index contributed by atoms with van der Waals surface area (Å²) in [5, 5.41) is 5.51. The fraction of sp³-hybridized carbons (Fsp3) is 0.0870. The summed E-state index contributed by atoms with van der Waals surface area (Å²) >= 11 is 13.8. The van der Waals surface area contributed by atoms with Gasteiger partial charge in [0.25, 0.3) is 0 Å². The molecule has 3 aromatic carbocycles. The molecule has 4 rings (SSSR count). The molecule has 146 valence electrons. The first-order valence-corrected chi connectivity index (χ1v) is 10.9. The third-order valence-electron chi connectivity index (χ3n) is 4.62. The van der Waals surface area contributed by atoms with Gasteiger partial charge in [-0.3, -0.25) is 4.68 Å². The number of aromatic nitrogens is 2. The van der Waals surface area contributed by atoms with Gasteiger partial charge < -0.3 is 4.74 Å². The van der Waals surface area contributed by atoms with E-state index in [0.717, 1.165) is 42.8 Å². The molecule has 0 amide bonds. The number of nitrogens with zero attached hydrogens (tertiary/aromatic N) is 2. The Bertz CT molecular complexity index is 1120. The van der Waals surface area contributed by atoms with Gasteiger partial charge in [-0.25, -0.2) is 0 Å². The van der Waals surface area contributed by atoms with E-state index in [2.05, 4.69) is 31.9 Å². The Balaban J connectivity index is 1.81. The lowest BCUT2D eigenvalue weighted by atomic mass is 10.1. The fourth-order valence-electron chi connectivity index (χ4n) is 3.13. The number of halogens is 3. The largest absolute Gasteiger partial charge is 0.497 e. The van der Waals surface area contributed by atoms with Crippen molar-refractivity contribution in [2.24, 2.45) is 0 Å². The number of benzene rings is 3. The fourth-order valence-corrected chi connectivity index (χ4v) is 4.02. The second-order valence-corrected chi connectivity index (χ2v) is 8.74. The molecule has 0 atom stereocenters. The Morgan fingerprint density at radius 1 is 0.828 bits per heavy atom. The van der Waals surface area contributed by atoms with Crippen molar-refractivity contribution in [3.05, 3.63) is 92.3 Å². The number of hydrogen-bond donors (Lipinski definition) is 0. The lowest BCUT2D eigenvalue weighted by molar-refractivity contribution is 0.414. The molecule has 0 N–H and O–H groups in total. The van der Waals surface area contributed by atoms with Crippen LogP contribution in [-0.4, -0.2) is 16.9 Å². The first-order valence-electron chi connectivity index (χ1n) is 8.96. The van der Waals surface area contributed by atoms with E-state index in [4.69, 9.17) is 21.4 Å². The molecule has 0 spiro atoms. The second kappa shape index (κ2) is 8.74. The minimum absolute atomic E-state index is 0.603. The van der Waals surface area contributed by atoms with Gasteiger partial charge in [0.1, 0.15) is 11.4 Å². The summed E-state index contributed by atoms with van der Waals surface area (Å²) in [6, 6.07) is 24.1. The molecule has 4 aromatic rings. The Hall–Kier alpha value is -2.08. The van der Waals surface area contributed by atoms with Crippen molar-refractivity contribution in [3.8, 4) is 28.3 Å². The average Bonchev–Trinajstić information content (AvgIpc) is 3.06. The summed E-state index contributed by atoms with van der Waals surface area (Å²) < 4.78 is 9.26. The van der Waals surface area contributed by atoms with Gasteiger partial charge in [-0.05, 0) is 42.0 Å². The highest BCUT2D eigenvalue weighted by Gasteiger charge is 2.19. The normalized spacial score (nSPS) is 10.9. The smallest absolute Gasteiger partial charge is 0.118 e. The maximum Gasteiger partial charge on any atom is 0.118 e. The highest BCUT2D eigenvalue weighted by molar-refractivity contribution is 9.10. The summed E-state index contributed by atoms with van der Waals surface area (Å²) in [5.74, 6) is 0.830. The average molecular weight is 533 g/mol. The molecule has 6 heteroatoms. The van der Waals surface area contributed by atoms with Crippen LogP contribution in [0.5, 0.6) is 5.75 Å². The maximum absolute atomic E-state index is 6.87. The van der Waals surface area contributed by atoms with Crippen molar-refractivity contribution in [3.63, 3.8) is 0 Å². The van der Waals surface area contributed by atoms with E-state index in [-0.39, 0.29) is 0 Å². The van der Waals surface area contributed by atoms with Crippen molar-refractivity contribution < 1.29 is 4.74 Å². The molecule has 29 heavy (non-hydrogen) atoms. The van der Waals surface area contributed by atoms with Crippen LogP contribution in [0.4, 0.5) is 0 Å². The van der Waals surface area contributed by atoms with Crippen molar-refractivity contribution in [2.45, 2.75) is 6.54 Å². The van der Waals surface area contributed by atoms with E-state index in [1.165, 1.54) is 0 Å². The van der Waals surface area contributed by atoms with Crippen LogP contribution < -0.4 is 4.74 Å². The van der Waals surface area contributed by atoms with Crippen LogP contribution in [0.3, 0.4) is 0 Å². The molecule has 0 saturated heterocycles. The summed E-state index contributed by atoms with van der Waals surface area (Å²) in [7, 11) is 1.67. The molecule has 0 fully saturated rings. The van der Waals surface area contributed by atoms with E-state index in [9.17, 15) is 0 Å². The van der Waals surface area contributed by atoms with Crippen molar-refractivity contribution in [1.29, 1.82) is 0 Å². The zero-order valence-electron chi connectivity index (χ0n) is 15.6. The molecule has 1 heterocycles. The Kier molecular flexibility index (Phi) is 6.09. The van der Waals surface area contributed by atoms with Crippen LogP contribution in [0, 0.1) is 0 Å². The number of hydrogen-bond acceptors (Lipinski definition) is 2. The molecule has 0 radical (unpaired) electrons. The predicted molar refractivity (Wildman–Crippen MR) is 126 cm³/mol. The maximum atomic E-state index is 6.87. The molecule has 3 nitrogen and oxygen atoms in total. The number of methoxy groups -OCH3 is 1. The lowest BCUT2D eigenvalue weighted by Crippen LogP contribution is -2.04. The molecule has 0 unspecified atom stereocenters. The van der Waals surface area contributed by atoms with Crippen LogP contribution in [0.2, 0.25) is 5.02 Å². The van der Waals surface area contributed by atoms with E-state index < -0.39 is 0 Å². The van der Waals surface area contributed by atoms with Crippen molar-refractivity contribution >= 4 is 43.5 Å². The van der Waals surface area contributed by atoms with Crippen molar-refractivity contribution in [1.82, 2.24) is 9.78 Å². The molecule has 0 bridgehead atoms. The Morgan fingerprint density at radius 3 is 1.93 bits per heavy atom. The van der Waals surface area contributed by atoms with Gasteiger partial charge in [-0.15, -0.1) is 0 Å². The third-order valence-corrected chi connectivity index (χ3v) is 6.04. The quantitative estimate of drug-likeness (QED) is 0.267. The van der Waals surface area contributed by atoms with E-state index in [0.29, 0.717) is 11.6 Å². The summed E-state index contributed by atoms with van der Waals surface area (Å²) in [5.41, 5.74) is 4.77. The van der Waals surface area contributed by atoms with Crippen LogP contribution >= 0.6 is 43.5 Å². The first kappa shape index (κ1) is 20.2. The SMILES string of the molecule is COc1ccc(Cn2nc(-c3ccc(Br)cc3)c(Cl)c2-c2ccc(Br)cc2)cc1. The standard InChI is InChI=1S/C23H17Br2ClN2O/c1-29-20-12-2-15(3-13-20)14-28-23(17-6-10-19(25)11-7-17)21(26)22(27-28)16-4-8-18(24)9-5-16/h2-13H,14H2,1H3. The zero-order chi connectivity index (χ0) is 20.4. The van der Waals surface area contributed by atoms with Gasteiger partial charge in [0, 0.05) is 20.1 Å². The number of ether oxygens (including phenoxy) is 1. The Labute approximate surface area is 191 Å². The van der Waals surface area contributed by atoms with Gasteiger partial charge >= 0.3 is 0 Å². The van der Waals surface area contributed by atoms with Gasteiger partial charge in [0.2, 0.25) is 0 Å². The van der Waals surface area contributed by atoms with Crippen LogP contribution in [0.1, 0.15) is 5.56 Å². The van der Waals surface area contributed by atoms with Gasteiger partial charge in [0.05, 0.1) is 24.4 Å². The van der Waals surface area contributed by atoms with E-state index in [1.54, 1.807) is 7.11 Å². The highest BCUT2D eigenvalue weighted by atomic mass is 79.9. The molecule has 0 aliphatic rings. The summed E-state index contributed by atoms with van der Waals surface area (Å²) in [6.45, 7) is 0.603. The van der Waals surface area contributed by atoms with Crippen molar-refractivity contribution in [2.75, 3.05) is 7.11 Å². The molecular formula is C23H17Br2ClN2O. The second-order valence-electron chi connectivity index (χ2n) is 6.53.